The van der Waals surface area contributed by atoms with Crippen molar-refractivity contribution in [2.45, 2.75) is 11.4 Å². The van der Waals surface area contributed by atoms with Crippen molar-refractivity contribution in [1.82, 2.24) is 4.57 Å². The van der Waals surface area contributed by atoms with Crippen LogP contribution in [-0.4, -0.2) is 32.0 Å². The van der Waals surface area contributed by atoms with Gasteiger partial charge in [0.25, 0.3) is 15.9 Å². The highest BCUT2D eigenvalue weighted by Crippen LogP contribution is 2.21. The van der Waals surface area contributed by atoms with Crippen LogP contribution in [0.5, 0.6) is 0 Å². The molecule has 0 spiro atoms. The lowest BCUT2D eigenvalue weighted by Gasteiger charge is -2.08. The molecule has 1 heterocycles. The lowest BCUT2D eigenvalue weighted by atomic mass is 10.2. The average molecular weight is 524 g/mol. The first-order valence-corrected chi connectivity index (χ1v) is 12.6. The molecule has 0 bridgehead atoms. The lowest BCUT2D eigenvalue weighted by molar-refractivity contribution is 0.0600. The molecule has 0 saturated heterocycles. The number of hydrogen-bond donors (Lipinski definition) is 1. The Balaban J connectivity index is 1.62. The van der Waals surface area contributed by atoms with Gasteiger partial charge in [0.15, 0.2) is 4.80 Å². The number of fused-ring (bicyclic) bond motifs is 1. The number of hydrogen-bond acceptors (Lipinski definition) is 6. The van der Waals surface area contributed by atoms with Gasteiger partial charge in [0, 0.05) is 11.3 Å². The molecule has 11 heteroatoms. The summed E-state index contributed by atoms with van der Waals surface area (Å²) >= 11 is 1.19. The molecular formula is C25H18FN3O5S2. The molecule has 8 nitrogen and oxygen atoms in total. The van der Waals surface area contributed by atoms with Gasteiger partial charge in [-0.25, -0.2) is 17.6 Å². The SMILES string of the molecule is C#CCn1c(=NC(=O)c2ccc(NS(=O)(=O)c3ccc(F)cc3)cc2)sc2cc(C(=O)OC)ccc21. The van der Waals surface area contributed by atoms with Gasteiger partial charge >= 0.3 is 5.97 Å². The first-order valence-electron chi connectivity index (χ1n) is 10.3. The number of ether oxygens (including phenoxy) is 1. The van der Waals surface area contributed by atoms with Crippen LogP contribution in [0.25, 0.3) is 10.2 Å². The fraction of sp³-hybridized carbons (Fsp3) is 0.0800. The Bertz CT molecular complexity index is 1680. The van der Waals surface area contributed by atoms with Gasteiger partial charge < -0.3 is 9.30 Å². The van der Waals surface area contributed by atoms with Crippen molar-refractivity contribution in [3.05, 3.63) is 88.5 Å². The summed E-state index contributed by atoms with van der Waals surface area (Å²) < 4.78 is 47.6. The molecular weight excluding hydrogens is 505 g/mol. The Hall–Kier alpha value is -4.27. The van der Waals surface area contributed by atoms with Crippen LogP contribution in [0.2, 0.25) is 0 Å². The number of nitrogens with one attached hydrogen (secondary N) is 1. The Morgan fingerprint density at radius 1 is 1.08 bits per heavy atom. The molecule has 36 heavy (non-hydrogen) atoms. The van der Waals surface area contributed by atoms with E-state index in [2.05, 4.69) is 15.6 Å². The van der Waals surface area contributed by atoms with Crippen molar-refractivity contribution in [2.75, 3.05) is 11.8 Å². The summed E-state index contributed by atoms with van der Waals surface area (Å²) in [6, 6.07) is 15.1. The number of methoxy groups -OCH3 is 1. The van der Waals surface area contributed by atoms with Gasteiger partial charge in [0.2, 0.25) is 0 Å². The maximum absolute atomic E-state index is 13.1. The van der Waals surface area contributed by atoms with Crippen LogP contribution < -0.4 is 9.52 Å². The van der Waals surface area contributed by atoms with Crippen LogP contribution in [0.15, 0.2) is 76.6 Å². The number of nitrogens with zero attached hydrogens (tertiary/aromatic N) is 2. The minimum atomic E-state index is -3.93. The molecule has 1 N–H and O–H groups in total. The average Bonchev–Trinajstić information content (AvgIpc) is 3.20. The number of halogens is 1. The highest BCUT2D eigenvalue weighted by Gasteiger charge is 2.15. The second kappa shape index (κ2) is 10.2. The summed E-state index contributed by atoms with van der Waals surface area (Å²) in [5.74, 6) is 0.932. The molecule has 0 unspecified atom stereocenters. The molecule has 0 radical (unpaired) electrons. The van der Waals surface area contributed by atoms with Gasteiger partial charge in [0.1, 0.15) is 5.82 Å². The highest BCUT2D eigenvalue weighted by atomic mass is 32.2. The largest absolute Gasteiger partial charge is 0.465 e. The molecule has 0 saturated carbocycles. The number of esters is 1. The van der Waals surface area contributed by atoms with Crippen LogP contribution in [0, 0.1) is 18.2 Å². The fourth-order valence-corrected chi connectivity index (χ4v) is 5.43. The second-order valence-corrected chi connectivity index (χ2v) is 10.1. The fourth-order valence-electron chi connectivity index (χ4n) is 3.31. The number of carbonyl (C=O) groups excluding carboxylic acids is 2. The quantitative estimate of drug-likeness (QED) is 0.306. The third-order valence-corrected chi connectivity index (χ3v) is 7.50. The zero-order valence-electron chi connectivity index (χ0n) is 18.8. The maximum Gasteiger partial charge on any atom is 0.337 e. The summed E-state index contributed by atoms with van der Waals surface area (Å²) in [5, 5.41) is 0. The first-order chi connectivity index (χ1) is 17.2. The molecule has 4 aromatic rings. The molecule has 0 aliphatic rings. The second-order valence-electron chi connectivity index (χ2n) is 7.40. The molecule has 3 aromatic carbocycles. The zero-order chi connectivity index (χ0) is 25.9. The number of rotatable bonds is 6. The molecule has 4 rings (SSSR count). The van der Waals surface area contributed by atoms with Gasteiger partial charge in [-0.1, -0.05) is 17.3 Å². The lowest BCUT2D eigenvalue weighted by Crippen LogP contribution is -2.16. The van der Waals surface area contributed by atoms with Crippen molar-refractivity contribution in [3.63, 3.8) is 0 Å². The zero-order valence-corrected chi connectivity index (χ0v) is 20.4. The number of benzene rings is 3. The summed E-state index contributed by atoms with van der Waals surface area (Å²) in [7, 11) is -2.64. The minimum Gasteiger partial charge on any atom is -0.465 e. The molecule has 1 amide bonds. The predicted octanol–water partition coefficient (Wildman–Crippen LogP) is 3.80. The molecule has 1 aromatic heterocycles. The number of carbonyl (C=O) groups is 2. The van der Waals surface area contributed by atoms with Gasteiger partial charge in [-0.05, 0) is 66.7 Å². The van der Waals surface area contributed by atoms with E-state index in [1.807, 2.05) is 0 Å². The predicted molar refractivity (Wildman–Crippen MR) is 134 cm³/mol. The van der Waals surface area contributed by atoms with E-state index in [1.54, 1.807) is 22.8 Å². The Labute approximate surface area is 209 Å². The molecule has 0 fully saturated rings. The van der Waals surface area contributed by atoms with Crippen molar-refractivity contribution < 1.29 is 27.1 Å². The third-order valence-electron chi connectivity index (χ3n) is 5.06. The number of terminal acetylenes is 1. The Kier molecular flexibility index (Phi) is 7.00. The van der Waals surface area contributed by atoms with Crippen molar-refractivity contribution in [2.24, 2.45) is 4.99 Å². The van der Waals surface area contributed by atoms with E-state index < -0.39 is 27.7 Å². The third kappa shape index (κ3) is 5.19. The number of amides is 1. The van der Waals surface area contributed by atoms with Crippen molar-refractivity contribution in [1.29, 1.82) is 0 Å². The van der Waals surface area contributed by atoms with Gasteiger partial charge in [-0.15, -0.1) is 6.42 Å². The molecule has 0 aliphatic heterocycles. The van der Waals surface area contributed by atoms with E-state index in [0.717, 1.165) is 24.3 Å². The molecule has 0 aliphatic carbocycles. The Morgan fingerprint density at radius 3 is 2.39 bits per heavy atom. The van der Waals surface area contributed by atoms with E-state index in [9.17, 15) is 22.4 Å². The van der Waals surface area contributed by atoms with Crippen molar-refractivity contribution >= 4 is 49.1 Å². The first kappa shape index (κ1) is 24.8. The van der Waals surface area contributed by atoms with Crippen LogP contribution in [-0.2, 0) is 21.3 Å². The van der Waals surface area contributed by atoms with Crippen LogP contribution in [0.3, 0.4) is 0 Å². The van der Waals surface area contributed by atoms with Gasteiger partial charge in [-0.3, -0.25) is 9.52 Å². The molecule has 182 valence electrons. The number of anilines is 1. The van der Waals surface area contributed by atoms with E-state index in [-0.39, 0.29) is 22.7 Å². The topological polar surface area (TPSA) is 107 Å². The normalized spacial score (nSPS) is 11.8. The molecule has 0 atom stereocenters. The van der Waals surface area contributed by atoms with Gasteiger partial charge in [0.05, 0.1) is 34.3 Å². The highest BCUT2D eigenvalue weighted by molar-refractivity contribution is 7.92. The van der Waals surface area contributed by atoms with Crippen LogP contribution in [0.1, 0.15) is 20.7 Å². The standard InChI is InChI=1S/C25H18FN3O5S2/c1-3-14-29-21-13-6-17(24(31)34-2)15-22(21)35-25(29)27-23(30)16-4-9-19(10-5-16)28-36(32,33)20-11-7-18(26)8-12-20/h1,4-13,15,28H,14H2,2H3. The number of sulfonamides is 1. The summed E-state index contributed by atoms with van der Waals surface area (Å²) in [5.41, 5.74) is 1.51. The van der Waals surface area contributed by atoms with E-state index >= 15 is 0 Å². The minimum absolute atomic E-state index is 0.0998. The number of aromatic nitrogens is 1. The van der Waals surface area contributed by atoms with Crippen molar-refractivity contribution in [3.8, 4) is 12.3 Å². The summed E-state index contributed by atoms with van der Waals surface area (Å²) in [6.45, 7) is 0.161. The monoisotopic (exact) mass is 523 g/mol. The van der Waals surface area contributed by atoms with E-state index in [1.165, 1.54) is 42.7 Å². The van der Waals surface area contributed by atoms with E-state index in [4.69, 9.17) is 11.2 Å². The van der Waals surface area contributed by atoms with Crippen LogP contribution in [0.4, 0.5) is 10.1 Å². The number of thiazole rings is 1. The summed E-state index contributed by atoms with van der Waals surface area (Å²) in [4.78, 5) is 29.1. The maximum atomic E-state index is 13.1. The smallest absolute Gasteiger partial charge is 0.337 e. The summed E-state index contributed by atoms with van der Waals surface area (Å²) in [6.07, 6.45) is 5.50. The van der Waals surface area contributed by atoms with Gasteiger partial charge in [-0.2, -0.15) is 4.99 Å². The Morgan fingerprint density at radius 2 is 1.75 bits per heavy atom. The van der Waals surface area contributed by atoms with E-state index in [0.29, 0.717) is 20.6 Å². The van der Waals surface area contributed by atoms with Crippen LogP contribution >= 0.6 is 11.3 Å².